The first kappa shape index (κ1) is 8.23. The van der Waals surface area contributed by atoms with Gasteiger partial charge in [0.15, 0.2) is 0 Å². The zero-order valence-electron chi connectivity index (χ0n) is 7.39. The van der Waals surface area contributed by atoms with Crippen LogP contribution in [-0.2, 0) is 4.84 Å². The molecule has 2 rings (SSSR count). The molecular weight excluding hydrogens is 164 g/mol. The van der Waals surface area contributed by atoms with E-state index in [0.29, 0.717) is 6.10 Å². The van der Waals surface area contributed by atoms with Gasteiger partial charge in [-0.25, -0.2) is 0 Å². The second kappa shape index (κ2) is 4.03. The minimum Gasteiger partial charge on any atom is -0.393 e. The fourth-order valence-electron chi connectivity index (χ4n) is 1.11. The molecule has 3 nitrogen and oxygen atoms in total. The van der Waals surface area contributed by atoms with Crippen LogP contribution in [0, 0.1) is 0 Å². The summed E-state index contributed by atoms with van der Waals surface area (Å²) in [6.45, 7) is 0. The van der Waals surface area contributed by atoms with Crippen LogP contribution in [-0.4, -0.2) is 17.3 Å². The highest BCUT2D eigenvalue weighted by atomic mass is 16.6. The van der Waals surface area contributed by atoms with E-state index in [-0.39, 0.29) is 0 Å². The monoisotopic (exact) mass is 176 g/mol. The first-order chi connectivity index (χ1) is 6.45. The molecule has 0 saturated heterocycles. The summed E-state index contributed by atoms with van der Waals surface area (Å²) < 4.78 is 0. The highest BCUT2D eigenvalue weighted by Gasteiger charge is 2.18. The predicted octanol–water partition coefficient (Wildman–Crippen LogP) is 1.98. The quantitative estimate of drug-likeness (QED) is 0.521. The van der Waals surface area contributed by atoms with Gasteiger partial charge in [0.05, 0.1) is 6.21 Å². The maximum absolute atomic E-state index is 5.22. The van der Waals surface area contributed by atoms with Crippen LogP contribution in [0.25, 0.3) is 0 Å². The summed E-state index contributed by atoms with van der Waals surface area (Å²) >= 11 is 0. The van der Waals surface area contributed by atoms with E-state index >= 15 is 0 Å². The molecule has 0 atom stereocenters. The predicted molar refractivity (Wildman–Crippen MR) is 50.6 cm³/mol. The van der Waals surface area contributed by atoms with Crippen molar-refractivity contribution in [3.63, 3.8) is 0 Å². The minimum absolute atomic E-state index is 0.355. The summed E-state index contributed by atoms with van der Waals surface area (Å²) in [5.41, 5.74) is 0.974. The molecule has 1 fully saturated rings. The molecule has 0 bridgehead atoms. The van der Waals surface area contributed by atoms with Crippen molar-refractivity contribution in [3.8, 4) is 0 Å². The van der Waals surface area contributed by atoms with Crippen molar-refractivity contribution in [1.82, 2.24) is 4.98 Å². The highest BCUT2D eigenvalue weighted by Crippen LogP contribution is 2.21. The molecule has 0 unspecified atom stereocenters. The van der Waals surface area contributed by atoms with Gasteiger partial charge in [-0.3, -0.25) is 4.98 Å². The molecule has 1 heterocycles. The van der Waals surface area contributed by atoms with E-state index in [1.165, 1.54) is 6.42 Å². The Balaban J connectivity index is 1.83. The number of aromatic nitrogens is 1. The van der Waals surface area contributed by atoms with E-state index in [0.717, 1.165) is 18.4 Å². The average Bonchev–Trinajstić information content (AvgIpc) is 2.11. The van der Waals surface area contributed by atoms with Gasteiger partial charge < -0.3 is 4.84 Å². The van der Waals surface area contributed by atoms with Gasteiger partial charge in [-0.2, -0.15) is 0 Å². The van der Waals surface area contributed by atoms with Crippen LogP contribution in [0.15, 0.2) is 29.7 Å². The van der Waals surface area contributed by atoms with Crippen molar-refractivity contribution in [2.45, 2.75) is 25.4 Å². The largest absolute Gasteiger partial charge is 0.393 e. The zero-order chi connectivity index (χ0) is 8.93. The van der Waals surface area contributed by atoms with Crippen molar-refractivity contribution in [2.24, 2.45) is 5.16 Å². The third-order valence-corrected chi connectivity index (χ3v) is 2.15. The van der Waals surface area contributed by atoms with Crippen LogP contribution in [0.1, 0.15) is 24.8 Å². The van der Waals surface area contributed by atoms with Gasteiger partial charge in [-0.05, 0) is 25.3 Å². The number of oxime groups is 1. The molecule has 0 aliphatic heterocycles. The highest BCUT2D eigenvalue weighted by molar-refractivity contribution is 5.78. The average molecular weight is 176 g/mol. The van der Waals surface area contributed by atoms with Gasteiger partial charge in [-0.1, -0.05) is 11.2 Å². The first-order valence-corrected chi connectivity index (χ1v) is 4.54. The summed E-state index contributed by atoms with van der Waals surface area (Å²) in [4.78, 5) is 9.19. The number of rotatable bonds is 3. The van der Waals surface area contributed by atoms with E-state index < -0.39 is 0 Å². The van der Waals surface area contributed by atoms with Gasteiger partial charge in [0.2, 0.25) is 0 Å². The molecule has 0 radical (unpaired) electrons. The Morgan fingerprint density at radius 1 is 1.54 bits per heavy atom. The molecular formula is C10H12N2O. The van der Waals surface area contributed by atoms with Crippen LogP contribution in [0.5, 0.6) is 0 Å². The Kier molecular flexibility index (Phi) is 2.55. The molecule has 1 aliphatic rings. The van der Waals surface area contributed by atoms with E-state index in [1.807, 2.05) is 12.1 Å². The van der Waals surface area contributed by atoms with E-state index in [4.69, 9.17) is 4.84 Å². The van der Waals surface area contributed by atoms with Crippen LogP contribution in [0.3, 0.4) is 0 Å². The lowest BCUT2D eigenvalue weighted by molar-refractivity contribution is 0.00699. The summed E-state index contributed by atoms with van der Waals surface area (Å²) in [5.74, 6) is 0. The molecule has 0 aromatic carbocycles. The van der Waals surface area contributed by atoms with Crippen LogP contribution < -0.4 is 0 Å². The maximum atomic E-state index is 5.22. The molecule has 13 heavy (non-hydrogen) atoms. The standard InChI is InChI=1S/C10H12N2O/c1-4-10(5-1)13-12-8-9-3-2-6-11-7-9/h2-3,6-8,10H,1,4-5H2/b12-8+. The molecule has 68 valence electrons. The Hall–Kier alpha value is -1.38. The second-order valence-corrected chi connectivity index (χ2v) is 3.18. The van der Waals surface area contributed by atoms with Gasteiger partial charge in [0, 0.05) is 18.0 Å². The number of hydrogen-bond donors (Lipinski definition) is 0. The van der Waals surface area contributed by atoms with E-state index in [1.54, 1.807) is 18.6 Å². The Morgan fingerprint density at radius 3 is 3.08 bits per heavy atom. The lowest BCUT2D eigenvalue weighted by Crippen LogP contribution is -2.18. The minimum atomic E-state index is 0.355. The molecule has 0 amide bonds. The fraction of sp³-hybridized carbons (Fsp3) is 0.400. The van der Waals surface area contributed by atoms with Crippen LogP contribution >= 0.6 is 0 Å². The second-order valence-electron chi connectivity index (χ2n) is 3.18. The van der Waals surface area contributed by atoms with Crippen LogP contribution in [0.4, 0.5) is 0 Å². The Bertz CT molecular complexity index is 280. The summed E-state index contributed by atoms with van der Waals surface area (Å²) in [7, 11) is 0. The van der Waals surface area contributed by atoms with Crippen molar-refractivity contribution in [3.05, 3.63) is 30.1 Å². The zero-order valence-corrected chi connectivity index (χ0v) is 7.39. The lowest BCUT2D eigenvalue weighted by Gasteiger charge is -2.22. The number of pyridine rings is 1. The maximum Gasteiger partial charge on any atom is 0.127 e. The fourth-order valence-corrected chi connectivity index (χ4v) is 1.11. The van der Waals surface area contributed by atoms with Crippen molar-refractivity contribution in [2.75, 3.05) is 0 Å². The molecule has 1 aliphatic carbocycles. The molecule has 1 saturated carbocycles. The molecule has 1 aromatic heterocycles. The molecule has 3 heteroatoms. The third kappa shape index (κ3) is 2.28. The van der Waals surface area contributed by atoms with Crippen LogP contribution in [0.2, 0.25) is 0 Å². The third-order valence-electron chi connectivity index (χ3n) is 2.15. The van der Waals surface area contributed by atoms with Gasteiger partial charge in [-0.15, -0.1) is 0 Å². The van der Waals surface area contributed by atoms with E-state index in [2.05, 4.69) is 10.1 Å². The summed E-state index contributed by atoms with van der Waals surface area (Å²) in [5, 5.41) is 3.90. The van der Waals surface area contributed by atoms with Gasteiger partial charge in [0.25, 0.3) is 0 Å². The smallest absolute Gasteiger partial charge is 0.127 e. The topological polar surface area (TPSA) is 34.5 Å². The summed E-state index contributed by atoms with van der Waals surface area (Å²) in [6.07, 6.45) is 9.11. The van der Waals surface area contributed by atoms with Gasteiger partial charge >= 0.3 is 0 Å². The Morgan fingerprint density at radius 2 is 2.46 bits per heavy atom. The lowest BCUT2D eigenvalue weighted by atomic mass is 9.97. The molecule has 0 N–H and O–H groups in total. The summed E-state index contributed by atoms with van der Waals surface area (Å²) in [6, 6.07) is 3.82. The van der Waals surface area contributed by atoms with Gasteiger partial charge in [0.1, 0.15) is 6.10 Å². The Labute approximate surface area is 77.4 Å². The molecule has 0 spiro atoms. The normalized spacial score (nSPS) is 17.2. The first-order valence-electron chi connectivity index (χ1n) is 4.54. The van der Waals surface area contributed by atoms with Crippen molar-refractivity contribution >= 4 is 6.21 Å². The van der Waals surface area contributed by atoms with Crippen molar-refractivity contribution in [1.29, 1.82) is 0 Å². The SMILES string of the molecule is C(=N\OC1CCC1)/c1cccnc1. The van der Waals surface area contributed by atoms with E-state index in [9.17, 15) is 0 Å². The number of hydrogen-bond acceptors (Lipinski definition) is 3. The van der Waals surface area contributed by atoms with Crippen molar-refractivity contribution < 1.29 is 4.84 Å². The molecule has 1 aromatic rings. The number of nitrogens with zero attached hydrogens (tertiary/aromatic N) is 2.